The maximum Gasteiger partial charge on any atom is 0.122 e. The lowest BCUT2D eigenvalue weighted by molar-refractivity contribution is 0.393. The Bertz CT molecular complexity index is 615. The van der Waals surface area contributed by atoms with Gasteiger partial charge >= 0.3 is 0 Å². The average molecular weight is 350 g/mol. The Morgan fingerprint density at radius 1 is 0.917 bits per heavy atom. The zero-order valence-corrected chi connectivity index (χ0v) is 15.6. The van der Waals surface area contributed by atoms with Gasteiger partial charge in [-0.15, -0.1) is 12.4 Å². The van der Waals surface area contributed by atoms with Crippen LogP contribution in [0.5, 0.6) is 11.5 Å². The first kappa shape index (κ1) is 20.3. The van der Waals surface area contributed by atoms with Crippen LogP contribution in [0.4, 0.5) is 0 Å². The molecule has 24 heavy (non-hydrogen) atoms. The summed E-state index contributed by atoms with van der Waals surface area (Å²) in [6.45, 7) is 2.00. The van der Waals surface area contributed by atoms with E-state index >= 15 is 0 Å². The Kier molecular flexibility index (Phi) is 8.66. The van der Waals surface area contributed by atoms with E-state index in [9.17, 15) is 0 Å². The Morgan fingerprint density at radius 3 is 2.08 bits per heavy atom. The molecule has 132 valence electrons. The zero-order valence-electron chi connectivity index (χ0n) is 14.7. The number of hydrogen-bond donors (Lipinski definition) is 1. The van der Waals surface area contributed by atoms with Crippen LogP contribution in [0, 0.1) is 0 Å². The molecule has 3 nitrogen and oxygen atoms in total. The molecule has 0 saturated heterocycles. The molecule has 0 aliphatic carbocycles. The van der Waals surface area contributed by atoms with Crippen LogP contribution in [-0.4, -0.2) is 20.3 Å². The molecule has 0 heterocycles. The summed E-state index contributed by atoms with van der Waals surface area (Å²) in [5.41, 5.74) is 9.58. The van der Waals surface area contributed by atoms with Crippen LogP contribution in [0.1, 0.15) is 30.0 Å². The van der Waals surface area contributed by atoms with E-state index in [4.69, 9.17) is 15.2 Å². The third kappa shape index (κ3) is 5.73. The first-order valence-corrected chi connectivity index (χ1v) is 8.17. The van der Waals surface area contributed by atoms with Crippen LogP contribution in [-0.2, 0) is 19.3 Å². The van der Waals surface area contributed by atoms with Gasteiger partial charge in [-0.05, 0) is 61.4 Å². The Morgan fingerprint density at radius 2 is 1.50 bits per heavy atom. The lowest BCUT2D eigenvalue weighted by atomic mass is 9.99. The minimum atomic E-state index is 0. The Hall–Kier alpha value is -1.71. The van der Waals surface area contributed by atoms with Crippen molar-refractivity contribution in [1.29, 1.82) is 0 Å². The lowest BCUT2D eigenvalue weighted by Crippen LogP contribution is -2.18. The van der Waals surface area contributed by atoms with Crippen LogP contribution in [0.25, 0.3) is 0 Å². The second-order valence-electron chi connectivity index (χ2n) is 6.00. The van der Waals surface area contributed by atoms with Crippen LogP contribution in [0.15, 0.2) is 42.5 Å². The molecular formula is C20H28ClNO2. The molecule has 1 unspecified atom stereocenters. The predicted octanol–water partition coefficient (Wildman–Crippen LogP) is 4.19. The fourth-order valence-electron chi connectivity index (χ4n) is 2.85. The maximum absolute atomic E-state index is 5.93. The van der Waals surface area contributed by atoms with Crippen LogP contribution in [0.2, 0.25) is 0 Å². The Balaban J connectivity index is 0.00000288. The highest BCUT2D eigenvalue weighted by atomic mass is 35.5. The number of ether oxygens (including phenoxy) is 2. The summed E-state index contributed by atoms with van der Waals surface area (Å²) in [7, 11) is 3.43. The van der Waals surface area contributed by atoms with Crippen molar-refractivity contribution in [1.82, 2.24) is 0 Å². The highest BCUT2D eigenvalue weighted by molar-refractivity contribution is 5.85. The second-order valence-corrected chi connectivity index (χ2v) is 6.00. The summed E-state index contributed by atoms with van der Waals surface area (Å²) in [4.78, 5) is 0. The number of aryl methyl sites for hydroxylation is 2. The van der Waals surface area contributed by atoms with Gasteiger partial charge in [0.1, 0.15) is 11.5 Å². The fourth-order valence-corrected chi connectivity index (χ4v) is 2.85. The lowest BCUT2D eigenvalue weighted by Gasteiger charge is -2.16. The summed E-state index contributed by atoms with van der Waals surface area (Å²) in [6.07, 6.45) is 3.89. The molecule has 0 saturated carbocycles. The highest BCUT2D eigenvalue weighted by Crippen LogP contribution is 2.30. The van der Waals surface area contributed by atoms with Gasteiger partial charge in [-0.2, -0.15) is 0 Å². The fraction of sp³-hybridized carbons (Fsp3) is 0.400. The molecule has 0 spiro atoms. The van der Waals surface area contributed by atoms with E-state index in [1.54, 1.807) is 14.2 Å². The molecule has 0 aliphatic heterocycles. The monoisotopic (exact) mass is 349 g/mol. The third-order valence-electron chi connectivity index (χ3n) is 3.98. The summed E-state index contributed by atoms with van der Waals surface area (Å²) >= 11 is 0. The van der Waals surface area contributed by atoms with Crippen LogP contribution in [0.3, 0.4) is 0 Å². The topological polar surface area (TPSA) is 44.5 Å². The average Bonchev–Trinajstić information content (AvgIpc) is 2.56. The van der Waals surface area contributed by atoms with E-state index in [2.05, 4.69) is 42.5 Å². The predicted molar refractivity (Wildman–Crippen MR) is 103 cm³/mol. The van der Waals surface area contributed by atoms with Crippen molar-refractivity contribution in [2.24, 2.45) is 5.73 Å². The zero-order chi connectivity index (χ0) is 16.7. The summed E-state index contributed by atoms with van der Waals surface area (Å²) in [5.74, 6) is 1.83. The van der Waals surface area contributed by atoms with Gasteiger partial charge in [-0.3, -0.25) is 0 Å². The first-order chi connectivity index (χ1) is 11.1. The van der Waals surface area contributed by atoms with Crippen LogP contribution < -0.4 is 15.2 Å². The highest BCUT2D eigenvalue weighted by Gasteiger charge is 2.12. The second kappa shape index (κ2) is 10.2. The minimum Gasteiger partial charge on any atom is -0.496 e. The van der Waals surface area contributed by atoms with E-state index in [1.165, 1.54) is 11.1 Å². The van der Waals surface area contributed by atoms with Gasteiger partial charge in [0.25, 0.3) is 0 Å². The number of nitrogens with two attached hydrogens (primary N) is 1. The standard InChI is InChI=1S/C20H27NO2.ClH/c1-15(21)12-18-14-19(22-2)17(13-20(18)23-3)11-7-10-16-8-5-4-6-9-16;/h4-6,8-9,13-15H,7,10-12,21H2,1-3H3;1H. The smallest absolute Gasteiger partial charge is 0.122 e. The van der Waals surface area contributed by atoms with E-state index in [-0.39, 0.29) is 18.4 Å². The molecule has 0 aromatic heterocycles. The first-order valence-electron chi connectivity index (χ1n) is 8.17. The van der Waals surface area contributed by atoms with Gasteiger partial charge in [0.15, 0.2) is 0 Å². The molecule has 1 atom stereocenters. The number of hydrogen-bond acceptors (Lipinski definition) is 3. The number of benzene rings is 2. The Labute approximate surface area is 151 Å². The molecule has 0 amide bonds. The molecule has 2 rings (SSSR count). The third-order valence-corrected chi connectivity index (χ3v) is 3.98. The van der Waals surface area contributed by atoms with E-state index in [0.717, 1.165) is 42.7 Å². The van der Waals surface area contributed by atoms with E-state index < -0.39 is 0 Å². The normalized spacial score (nSPS) is 11.5. The molecule has 0 fully saturated rings. The van der Waals surface area contributed by atoms with E-state index in [1.807, 2.05) is 6.92 Å². The number of rotatable bonds is 8. The molecule has 0 radical (unpaired) electrons. The summed E-state index contributed by atoms with van der Waals surface area (Å²) in [6, 6.07) is 14.8. The van der Waals surface area contributed by atoms with E-state index in [0.29, 0.717) is 0 Å². The van der Waals surface area contributed by atoms with Crippen molar-refractivity contribution in [2.75, 3.05) is 14.2 Å². The maximum atomic E-state index is 5.93. The molecule has 0 bridgehead atoms. The SMILES string of the molecule is COc1cc(CC(C)N)c(OC)cc1CCCc1ccccc1.Cl. The van der Waals surface area contributed by atoms with Gasteiger partial charge in [-0.25, -0.2) is 0 Å². The van der Waals surface area contributed by atoms with Crippen molar-refractivity contribution >= 4 is 12.4 Å². The number of methoxy groups -OCH3 is 2. The van der Waals surface area contributed by atoms with Gasteiger partial charge in [0, 0.05) is 6.04 Å². The van der Waals surface area contributed by atoms with Gasteiger partial charge < -0.3 is 15.2 Å². The molecule has 0 aliphatic rings. The largest absolute Gasteiger partial charge is 0.496 e. The number of halogens is 1. The molecule has 2 N–H and O–H groups in total. The quantitative estimate of drug-likeness (QED) is 0.777. The molecule has 4 heteroatoms. The summed E-state index contributed by atoms with van der Waals surface area (Å²) in [5, 5.41) is 0. The van der Waals surface area contributed by atoms with Gasteiger partial charge in [-0.1, -0.05) is 30.3 Å². The molecular weight excluding hydrogens is 322 g/mol. The van der Waals surface area contributed by atoms with Crippen molar-refractivity contribution in [2.45, 2.75) is 38.6 Å². The van der Waals surface area contributed by atoms with Crippen molar-refractivity contribution in [3.05, 3.63) is 59.2 Å². The summed E-state index contributed by atoms with van der Waals surface area (Å²) < 4.78 is 11.1. The van der Waals surface area contributed by atoms with Crippen LogP contribution >= 0.6 is 12.4 Å². The van der Waals surface area contributed by atoms with Gasteiger partial charge in [0.2, 0.25) is 0 Å². The van der Waals surface area contributed by atoms with Crippen molar-refractivity contribution in [3.8, 4) is 11.5 Å². The molecule has 2 aromatic rings. The minimum absolute atomic E-state index is 0. The molecule has 2 aromatic carbocycles. The van der Waals surface area contributed by atoms with Gasteiger partial charge in [0.05, 0.1) is 14.2 Å². The van der Waals surface area contributed by atoms with Crippen molar-refractivity contribution in [3.63, 3.8) is 0 Å². The van der Waals surface area contributed by atoms with Crippen molar-refractivity contribution < 1.29 is 9.47 Å².